The minimum absolute atomic E-state index is 0.0604. The number of aliphatic carboxylic acids is 1. The molecule has 8 heteroatoms. The van der Waals surface area contributed by atoms with Crippen LogP contribution in [0.5, 0.6) is 0 Å². The molecule has 0 radical (unpaired) electrons. The molecular formula is C21H30BFN2O4. The summed E-state index contributed by atoms with van der Waals surface area (Å²) in [6, 6.07) is 5.24. The maximum Gasteiger partial charge on any atom is 0.451 e. The monoisotopic (exact) mass is 404 g/mol. The van der Waals surface area contributed by atoms with Crippen LogP contribution in [-0.4, -0.2) is 52.8 Å². The Hall–Kier alpha value is -1.74. The van der Waals surface area contributed by atoms with Crippen molar-refractivity contribution in [1.29, 1.82) is 0 Å². The standard InChI is InChI=1S/C21H30BFN2O4/c23-17-5-3-14-4-6-19(18(14)12-17)25-10-7-15(8-11-25)20(21(26)27)16(13-24)2-1-9-22(28)29/h3,5,12,15,19,28-29H,1-2,4,6-11,13,24H2,(H,26,27)/b20-16-. The van der Waals surface area contributed by atoms with Crippen molar-refractivity contribution in [3.63, 3.8) is 0 Å². The van der Waals surface area contributed by atoms with E-state index in [1.807, 2.05) is 6.07 Å². The van der Waals surface area contributed by atoms with Crippen LogP contribution in [0.4, 0.5) is 4.39 Å². The summed E-state index contributed by atoms with van der Waals surface area (Å²) in [5.41, 5.74) is 9.22. The zero-order chi connectivity index (χ0) is 21.0. The topological polar surface area (TPSA) is 107 Å². The Morgan fingerprint density at radius 3 is 2.59 bits per heavy atom. The third-order valence-corrected chi connectivity index (χ3v) is 6.33. The van der Waals surface area contributed by atoms with E-state index < -0.39 is 13.1 Å². The first-order valence-electron chi connectivity index (χ1n) is 10.4. The van der Waals surface area contributed by atoms with E-state index in [4.69, 9.17) is 15.8 Å². The number of hydrogen-bond donors (Lipinski definition) is 4. The van der Waals surface area contributed by atoms with Crippen molar-refractivity contribution in [2.75, 3.05) is 19.6 Å². The van der Waals surface area contributed by atoms with Crippen LogP contribution < -0.4 is 5.73 Å². The molecule has 2 aliphatic rings. The molecule has 0 amide bonds. The largest absolute Gasteiger partial charge is 0.478 e. The van der Waals surface area contributed by atoms with Crippen LogP contribution in [0, 0.1) is 11.7 Å². The molecule has 1 saturated heterocycles. The molecule has 1 aliphatic carbocycles. The van der Waals surface area contributed by atoms with Crippen molar-refractivity contribution in [2.24, 2.45) is 11.7 Å². The van der Waals surface area contributed by atoms with Gasteiger partial charge in [0, 0.05) is 18.2 Å². The summed E-state index contributed by atoms with van der Waals surface area (Å²) in [5.74, 6) is -1.20. The van der Waals surface area contributed by atoms with Crippen LogP contribution >= 0.6 is 0 Å². The molecule has 1 fully saturated rings. The number of likely N-dealkylation sites (tertiary alicyclic amines) is 1. The van der Waals surface area contributed by atoms with Gasteiger partial charge in [-0.05, 0) is 86.3 Å². The van der Waals surface area contributed by atoms with E-state index in [1.54, 1.807) is 6.07 Å². The lowest BCUT2D eigenvalue weighted by Gasteiger charge is -2.37. The number of carbonyl (C=O) groups is 1. The number of piperidine rings is 1. The summed E-state index contributed by atoms with van der Waals surface area (Å²) in [6.45, 7) is 1.71. The van der Waals surface area contributed by atoms with E-state index in [0.29, 0.717) is 24.0 Å². The highest BCUT2D eigenvalue weighted by Crippen LogP contribution is 2.39. The lowest BCUT2D eigenvalue weighted by molar-refractivity contribution is -0.133. The van der Waals surface area contributed by atoms with Crippen molar-refractivity contribution < 1.29 is 24.3 Å². The first-order chi connectivity index (χ1) is 13.9. The fourth-order valence-electron chi connectivity index (χ4n) is 4.89. The summed E-state index contributed by atoms with van der Waals surface area (Å²) in [4.78, 5) is 14.3. The average molecular weight is 404 g/mol. The lowest BCUT2D eigenvalue weighted by Crippen LogP contribution is -2.37. The second-order valence-corrected chi connectivity index (χ2v) is 8.11. The smallest absolute Gasteiger partial charge is 0.451 e. The van der Waals surface area contributed by atoms with Gasteiger partial charge >= 0.3 is 13.1 Å². The number of benzene rings is 1. The summed E-state index contributed by atoms with van der Waals surface area (Å²) in [7, 11) is -1.38. The average Bonchev–Trinajstić information content (AvgIpc) is 3.10. The third-order valence-electron chi connectivity index (χ3n) is 6.33. The van der Waals surface area contributed by atoms with Gasteiger partial charge in [-0.1, -0.05) is 12.5 Å². The van der Waals surface area contributed by atoms with Crippen molar-refractivity contribution in [3.8, 4) is 0 Å². The van der Waals surface area contributed by atoms with Crippen molar-refractivity contribution in [3.05, 3.63) is 46.3 Å². The lowest BCUT2D eigenvalue weighted by atomic mass is 9.80. The normalized spacial score (nSPS) is 21.0. The Morgan fingerprint density at radius 1 is 1.24 bits per heavy atom. The molecule has 158 valence electrons. The van der Waals surface area contributed by atoms with Crippen LogP contribution in [0.2, 0.25) is 6.32 Å². The number of halogens is 1. The van der Waals surface area contributed by atoms with Crippen LogP contribution in [-0.2, 0) is 11.2 Å². The molecule has 1 aliphatic heterocycles. The summed E-state index contributed by atoms with van der Waals surface area (Å²) in [6.07, 6.45) is 4.54. The molecule has 1 unspecified atom stereocenters. The zero-order valence-electron chi connectivity index (χ0n) is 16.7. The number of nitrogens with zero attached hydrogens (tertiary/aromatic N) is 1. The Kier molecular flexibility index (Phi) is 7.46. The van der Waals surface area contributed by atoms with Gasteiger partial charge < -0.3 is 20.9 Å². The summed E-state index contributed by atoms with van der Waals surface area (Å²) >= 11 is 0. The van der Waals surface area contributed by atoms with Crippen molar-refractivity contribution in [2.45, 2.75) is 50.9 Å². The Morgan fingerprint density at radius 2 is 1.97 bits per heavy atom. The molecule has 0 aromatic heterocycles. The number of carboxylic acids is 1. The molecule has 0 bridgehead atoms. The minimum Gasteiger partial charge on any atom is -0.478 e. The van der Waals surface area contributed by atoms with Crippen molar-refractivity contribution >= 4 is 13.1 Å². The number of rotatable bonds is 8. The zero-order valence-corrected chi connectivity index (χ0v) is 16.7. The second kappa shape index (κ2) is 9.85. The minimum atomic E-state index is -1.38. The molecular weight excluding hydrogens is 374 g/mol. The van der Waals surface area contributed by atoms with Crippen LogP contribution in [0.3, 0.4) is 0 Å². The molecule has 1 aromatic carbocycles. The predicted molar refractivity (Wildman–Crippen MR) is 110 cm³/mol. The van der Waals surface area contributed by atoms with Gasteiger partial charge in [0.2, 0.25) is 0 Å². The van der Waals surface area contributed by atoms with E-state index >= 15 is 0 Å². The summed E-state index contributed by atoms with van der Waals surface area (Å²) in [5, 5.41) is 27.8. The van der Waals surface area contributed by atoms with E-state index in [9.17, 15) is 14.3 Å². The number of aryl methyl sites for hydroxylation is 1. The van der Waals surface area contributed by atoms with Crippen LogP contribution in [0.1, 0.15) is 49.3 Å². The maximum absolute atomic E-state index is 13.7. The van der Waals surface area contributed by atoms with Gasteiger partial charge in [0.25, 0.3) is 0 Å². The number of fused-ring (bicyclic) bond motifs is 1. The van der Waals surface area contributed by atoms with E-state index in [0.717, 1.165) is 44.3 Å². The molecule has 29 heavy (non-hydrogen) atoms. The maximum atomic E-state index is 13.7. The molecule has 6 nitrogen and oxygen atoms in total. The Labute approximate surface area is 171 Å². The Balaban J connectivity index is 1.67. The third kappa shape index (κ3) is 5.25. The van der Waals surface area contributed by atoms with Gasteiger partial charge in [-0.2, -0.15) is 0 Å². The fourth-order valence-corrected chi connectivity index (χ4v) is 4.89. The van der Waals surface area contributed by atoms with Crippen LogP contribution in [0.25, 0.3) is 0 Å². The van der Waals surface area contributed by atoms with Crippen molar-refractivity contribution in [1.82, 2.24) is 4.90 Å². The fraction of sp³-hybridized carbons (Fsp3) is 0.571. The second-order valence-electron chi connectivity index (χ2n) is 8.11. The van der Waals surface area contributed by atoms with Crippen LogP contribution in [0.15, 0.2) is 29.3 Å². The Bertz CT molecular complexity index is 763. The SMILES string of the molecule is NC/C(CCCB(O)O)=C(\C(=O)O)C1CCN(C2CCc3ccc(F)cc32)CC1. The van der Waals surface area contributed by atoms with Gasteiger partial charge in [-0.25, -0.2) is 9.18 Å². The number of nitrogens with two attached hydrogens (primary N) is 1. The first-order valence-corrected chi connectivity index (χ1v) is 10.4. The van der Waals surface area contributed by atoms with Gasteiger partial charge in [0.05, 0.1) is 0 Å². The molecule has 0 spiro atoms. The van der Waals surface area contributed by atoms with E-state index in [1.165, 1.54) is 11.6 Å². The van der Waals surface area contributed by atoms with Gasteiger partial charge in [-0.3, -0.25) is 4.90 Å². The molecule has 0 saturated carbocycles. The quantitative estimate of drug-likeness (QED) is 0.391. The molecule has 1 atom stereocenters. The predicted octanol–water partition coefficient (Wildman–Crippen LogP) is 2.12. The highest BCUT2D eigenvalue weighted by molar-refractivity contribution is 6.40. The first kappa shape index (κ1) is 22.0. The van der Waals surface area contributed by atoms with Gasteiger partial charge in [0.1, 0.15) is 5.82 Å². The van der Waals surface area contributed by atoms with Gasteiger partial charge in [0.15, 0.2) is 0 Å². The van der Waals surface area contributed by atoms with E-state index in [2.05, 4.69) is 4.90 Å². The molecule has 5 N–H and O–H groups in total. The number of carboxylic acid groups (broad SMARTS) is 1. The highest BCUT2D eigenvalue weighted by Gasteiger charge is 2.34. The molecule has 1 heterocycles. The molecule has 3 rings (SSSR count). The number of hydrogen-bond acceptors (Lipinski definition) is 5. The van der Waals surface area contributed by atoms with Gasteiger partial charge in [-0.15, -0.1) is 0 Å². The highest BCUT2D eigenvalue weighted by atomic mass is 19.1. The summed E-state index contributed by atoms with van der Waals surface area (Å²) < 4.78 is 13.7. The molecule has 1 aromatic rings. The van der Waals surface area contributed by atoms with E-state index in [-0.39, 0.29) is 30.6 Å².